The lowest BCUT2D eigenvalue weighted by Crippen LogP contribution is -1.72. The summed E-state index contributed by atoms with van der Waals surface area (Å²) in [6.07, 6.45) is 0. The largest absolute Gasteiger partial charge is 0.133 e. The Morgan fingerprint density at radius 3 is 2.83 bits per heavy atom. The van der Waals surface area contributed by atoms with Crippen LogP contribution in [0.25, 0.3) is 10.1 Å². The van der Waals surface area contributed by atoms with Crippen molar-refractivity contribution >= 4 is 45.7 Å². The number of hydrogen-bond donors (Lipinski definition) is 1. The summed E-state index contributed by atoms with van der Waals surface area (Å²) in [5.41, 5.74) is 1.22. The first-order valence-electron chi connectivity index (χ1n) is 3.55. The van der Waals surface area contributed by atoms with Gasteiger partial charge in [0.1, 0.15) is 0 Å². The molecule has 1 heterocycles. The van der Waals surface area contributed by atoms with E-state index >= 15 is 0 Å². The average molecular weight is 215 g/mol. The fourth-order valence-corrected chi connectivity index (χ4v) is 2.94. The second kappa shape index (κ2) is 2.95. The topological polar surface area (TPSA) is 0 Å². The molecule has 12 heavy (non-hydrogen) atoms. The molecule has 62 valence electrons. The summed E-state index contributed by atoms with van der Waals surface area (Å²) >= 11 is 11.9. The van der Waals surface area contributed by atoms with Crippen LogP contribution < -0.4 is 0 Å². The predicted octanol–water partition coefficient (Wildman–Crippen LogP) is 4.15. The SMILES string of the molecule is Cc1cc(Cl)cc2sc(S)cc12. The first-order valence-corrected chi connectivity index (χ1v) is 5.19. The van der Waals surface area contributed by atoms with E-state index in [1.165, 1.54) is 15.6 Å². The van der Waals surface area contributed by atoms with Crippen LogP contribution in [0.15, 0.2) is 22.4 Å². The molecule has 0 fully saturated rings. The normalized spacial score (nSPS) is 10.9. The molecule has 2 rings (SSSR count). The van der Waals surface area contributed by atoms with Gasteiger partial charge < -0.3 is 0 Å². The van der Waals surface area contributed by atoms with Gasteiger partial charge in [-0.25, -0.2) is 0 Å². The third kappa shape index (κ3) is 1.35. The number of halogens is 1. The molecule has 0 unspecified atom stereocenters. The van der Waals surface area contributed by atoms with Crippen molar-refractivity contribution in [1.29, 1.82) is 0 Å². The first-order chi connectivity index (χ1) is 5.66. The van der Waals surface area contributed by atoms with Gasteiger partial charge in [0, 0.05) is 9.72 Å². The van der Waals surface area contributed by atoms with Gasteiger partial charge in [-0.1, -0.05) is 11.6 Å². The summed E-state index contributed by atoms with van der Waals surface area (Å²) in [6.45, 7) is 2.06. The molecule has 0 radical (unpaired) electrons. The fourth-order valence-electron chi connectivity index (χ4n) is 1.26. The zero-order chi connectivity index (χ0) is 8.72. The van der Waals surface area contributed by atoms with E-state index in [1.54, 1.807) is 11.3 Å². The quantitative estimate of drug-likeness (QED) is 0.626. The van der Waals surface area contributed by atoms with Gasteiger partial charge in [0.15, 0.2) is 0 Å². The highest BCUT2D eigenvalue weighted by atomic mass is 35.5. The molecule has 0 aliphatic rings. The van der Waals surface area contributed by atoms with E-state index in [2.05, 4.69) is 25.6 Å². The van der Waals surface area contributed by atoms with Gasteiger partial charge in [0.05, 0.1) is 4.21 Å². The molecule has 0 aliphatic carbocycles. The molecule has 2 aromatic rings. The summed E-state index contributed by atoms with van der Waals surface area (Å²) in [5, 5.41) is 2.06. The Morgan fingerprint density at radius 2 is 2.08 bits per heavy atom. The minimum absolute atomic E-state index is 0.801. The Bertz CT molecular complexity index is 431. The van der Waals surface area contributed by atoms with E-state index in [-0.39, 0.29) is 0 Å². The number of thiol groups is 1. The molecule has 1 aromatic carbocycles. The van der Waals surface area contributed by atoms with Crippen molar-refractivity contribution < 1.29 is 0 Å². The molecule has 0 saturated carbocycles. The van der Waals surface area contributed by atoms with Crippen molar-refractivity contribution in [3.8, 4) is 0 Å². The second-order valence-corrected chi connectivity index (χ2v) is 5.02. The second-order valence-electron chi connectivity index (χ2n) is 2.72. The van der Waals surface area contributed by atoms with Crippen LogP contribution in [0, 0.1) is 6.92 Å². The van der Waals surface area contributed by atoms with Crippen molar-refractivity contribution in [2.24, 2.45) is 0 Å². The van der Waals surface area contributed by atoms with Gasteiger partial charge in [-0.15, -0.1) is 24.0 Å². The third-order valence-corrected chi connectivity index (χ3v) is 3.30. The zero-order valence-electron chi connectivity index (χ0n) is 6.47. The van der Waals surface area contributed by atoms with Crippen LogP contribution in [0.5, 0.6) is 0 Å². The van der Waals surface area contributed by atoms with Gasteiger partial charge in [-0.05, 0) is 36.1 Å². The van der Waals surface area contributed by atoms with Crippen molar-refractivity contribution in [2.75, 3.05) is 0 Å². The Hall–Kier alpha value is -0.180. The van der Waals surface area contributed by atoms with Crippen LogP contribution in [-0.2, 0) is 0 Å². The van der Waals surface area contributed by atoms with Gasteiger partial charge in [-0.2, -0.15) is 0 Å². The molecule has 3 heteroatoms. The Labute approximate surface area is 85.6 Å². The maximum Gasteiger partial charge on any atom is 0.0580 e. The molecule has 1 aromatic heterocycles. The van der Waals surface area contributed by atoms with Crippen LogP contribution in [0.3, 0.4) is 0 Å². The van der Waals surface area contributed by atoms with Crippen molar-refractivity contribution in [3.63, 3.8) is 0 Å². The van der Waals surface area contributed by atoms with Gasteiger partial charge >= 0.3 is 0 Å². The maximum atomic E-state index is 5.91. The van der Waals surface area contributed by atoms with Gasteiger partial charge in [-0.3, -0.25) is 0 Å². The summed E-state index contributed by atoms with van der Waals surface area (Å²) in [6, 6.07) is 6.03. The molecular weight excluding hydrogens is 208 g/mol. The predicted molar refractivity (Wildman–Crippen MR) is 58.8 cm³/mol. The number of hydrogen-bond acceptors (Lipinski definition) is 2. The summed E-state index contributed by atoms with van der Waals surface area (Å²) in [5.74, 6) is 0. The molecule has 0 nitrogen and oxygen atoms in total. The highest BCUT2D eigenvalue weighted by Gasteiger charge is 2.02. The average Bonchev–Trinajstić information content (AvgIpc) is 2.29. The van der Waals surface area contributed by atoms with E-state index in [9.17, 15) is 0 Å². The first kappa shape index (κ1) is 8.42. The zero-order valence-corrected chi connectivity index (χ0v) is 8.93. The van der Waals surface area contributed by atoms with Crippen LogP contribution in [0.2, 0.25) is 5.02 Å². The van der Waals surface area contributed by atoms with E-state index in [4.69, 9.17) is 11.6 Å². The molecule has 0 amide bonds. The van der Waals surface area contributed by atoms with Gasteiger partial charge in [0.2, 0.25) is 0 Å². The number of aryl methyl sites for hydroxylation is 1. The number of fused-ring (bicyclic) bond motifs is 1. The van der Waals surface area contributed by atoms with Crippen LogP contribution in [0.1, 0.15) is 5.56 Å². The number of benzene rings is 1. The monoisotopic (exact) mass is 214 g/mol. The maximum absolute atomic E-state index is 5.91. The van der Waals surface area contributed by atoms with E-state index in [0.717, 1.165) is 9.23 Å². The molecule has 0 aliphatic heterocycles. The lowest BCUT2D eigenvalue weighted by molar-refractivity contribution is 1.54. The van der Waals surface area contributed by atoms with Crippen molar-refractivity contribution in [3.05, 3.63) is 28.8 Å². The summed E-state index contributed by atoms with van der Waals surface area (Å²) < 4.78 is 2.25. The Morgan fingerprint density at radius 1 is 1.33 bits per heavy atom. The highest BCUT2D eigenvalue weighted by molar-refractivity contribution is 7.83. The van der Waals surface area contributed by atoms with Crippen molar-refractivity contribution in [1.82, 2.24) is 0 Å². The molecule has 0 N–H and O–H groups in total. The van der Waals surface area contributed by atoms with Crippen LogP contribution in [-0.4, -0.2) is 0 Å². The Balaban J connectivity index is 2.88. The van der Waals surface area contributed by atoms with Gasteiger partial charge in [0.25, 0.3) is 0 Å². The Kier molecular flexibility index (Phi) is 2.07. The molecular formula is C9H7ClS2. The van der Waals surface area contributed by atoms with Crippen molar-refractivity contribution in [2.45, 2.75) is 11.1 Å². The van der Waals surface area contributed by atoms with E-state index < -0.39 is 0 Å². The fraction of sp³-hybridized carbons (Fsp3) is 0.111. The smallest absolute Gasteiger partial charge is 0.0580 e. The molecule has 0 saturated heterocycles. The number of rotatable bonds is 0. The summed E-state index contributed by atoms with van der Waals surface area (Å²) in [7, 11) is 0. The third-order valence-electron chi connectivity index (χ3n) is 1.80. The number of thiophene rings is 1. The van der Waals surface area contributed by atoms with Crippen LogP contribution in [0.4, 0.5) is 0 Å². The van der Waals surface area contributed by atoms with Crippen LogP contribution >= 0.6 is 35.6 Å². The molecule has 0 atom stereocenters. The highest BCUT2D eigenvalue weighted by Crippen LogP contribution is 2.32. The summed E-state index contributed by atoms with van der Waals surface area (Å²) in [4.78, 5) is 0. The van der Waals surface area contributed by atoms with E-state index in [0.29, 0.717) is 0 Å². The van der Waals surface area contributed by atoms with E-state index in [1.807, 2.05) is 12.1 Å². The lowest BCUT2D eigenvalue weighted by Gasteiger charge is -1.95. The molecule has 0 spiro atoms. The standard InChI is InChI=1S/C9H7ClS2/c1-5-2-6(10)3-8-7(5)4-9(11)12-8/h2-4,11H,1H3. The minimum atomic E-state index is 0.801. The minimum Gasteiger partial charge on any atom is -0.133 e. The molecule has 0 bridgehead atoms. The lowest BCUT2D eigenvalue weighted by atomic mass is 10.2.